The van der Waals surface area contributed by atoms with E-state index < -0.39 is 0 Å². The zero-order valence-corrected chi connectivity index (χ0v) is 16.6. The van der Waals surface area contributed by atoms with Gasteiger partial charge in [-0.2, -0.15) is 0 Å². The molecule has 0 saturated heterocycles. The van der Waals surface area contributed by atoms with Gasteiger partial charge in [0.1, 0.15) is 0 Å². The minimum Gasteiger partial charge on any atom is -0.330 e. The molecule has 1 aromatic heterocycles. The van der Waals surface area contributed by atoms with Gasteiger partial charge >= 0.3 is 0 Å². The van der Waals surface area contributed by atoms with E-state index >= 15 is 0 Å². The van der Waals surface area contributed by atoms with E-state index in [1.165, 1.54) is 18.3 Å². The molecule has 0 radical (unpaired) electrons. The van der Waals surface area contributed by atoms with E-state index in [9.17, 15) is 4.79 Å². The largest absolute Gasteiger partial charge is 0.330 e. The van der Waals surface area contributed by atoms with E-state index in [2.05, 4.69) is 27.8 Å². The zero-order chi connectivity index (χ0) is 18.5. The van der Waals surface area contributed by atoms with Gasteiger partial charge in [0.2, 0.25) is 11.0 Å². The molecule has 1 unspecified atom stereocenters. The minimum absolute atomic E-state index is 0.106. The first-order chi connectivity index (χ1) is 12.5. The molecule has 0 bridgehead atoms. The molecule has 8 heteroatoms. The lowest BCUT2D eigenvalue weighted by Crippen LogP contribution is -2.05. The third kappa shape index (κ3) is 4.97. The minimum atomic E-state index is -0.106. The Hall–Kier alpha value is -2.09. The summed E-state index contributed by atoms with van der Waals surface area (Å²) in [5.41, 5.74) is 2.64. The van der Waals surface area contributed by atoms with Crippen LogP contribution in [0.5, 0.6) is 0 Å². The van der Waals surface area contributed by atoms with Crippen molar-refractivity contribution >= 4 is 57.1 Å². The first-order valence-electron chi connectivity index (χ1n) is 7.90. The van der Waals surface area contributed by atoms with Crippen LogP contribution in [0.4, 0.5) is 16.5 Å². The monoisotopic (exact) mass is 404 g/mol. The van der Waals surface area contributed by atoms with E-state index in [0.29, 0.717) is 5.13 Å². The number of nitrogens with one attached hydrogen (secondary N) is 2. The molecular formula is C18H17ClN4OS2. The van der Waals surface area contributed by atoms with Gasteiger partial charge in [-0.05, 0) is 36.8 Å². The number of nitrogens with zero attached hydrogens (tertiary/aromatic N) is 2. The summed E-state index contributed by atoms with van der Waals surface area (Å²) < 4.78 is 0.859. The highest BCUT2D eigenvalue weighted by atomic mass is 35.5. The van der Waals surface area contributed by atoms with Crippen LogP contribution in [0.15, 0.2) is 52.9 Å². The summed E-state index contributed by atoms with van der Waals surface area (Å²) in [6.07, 6.45) is 0. The highest BCUT2D eigenvalue weighted by Crippen LogP contribution is 2.40. The van der Waals surface area contributed by atoms with Crippen LogP contribution in [0, 0.1) is 0 Å². The summed E-state index contributed by atoms with van der Waals surface area (Å²) >= 11 is 9.35. The van der Waals surface area contributed by atoms with Crippen LogP contribution in [0.2, 0.25) is 5.02 Å². The molecule has 0 fully saturated rings. The van der Waals surface area contributed by atoms with E-state index in [0.717, 1.165) is 26.3 Å². The number of anilines is 3. The Morgan fingerprint density at radius 1 is 1.15 bits per heavy atom. The molecule has 0 saturated carbocycles. The first kappa shape index (κ1) is 18.7. The number of halogens is 1. The summed E-state index contributed by atoms with van der Waals surface area (Å²) in [4.78, 5) is 11.2. The van der Waals surface area contributed by atoms with Crippen molar-refractivity contribution in [2.24, 2.45) is 0 Å². The molecule has 0 spiro atoms. The Kier molecular flexibility index (Phi) is 6.13. The van der Waals surface area contributed by atoms with E-state index in [4.69, 9.17) is 11.6 Å². The van der Waals surface area contributed by atoms with Crippen molar-refractivity contribution in [3.63, 3.8) is 0 Å². The number of rotatable bonds is 6. The summed E-state index contributed by atoms with van der Waals surface area (Å²) in [5.74, 6) is -0.106. The van der Waals surface area contributed by atoms with Gasteiger partial charge in [0, 0.05) is 28.6 Å². The van der Waals surface area contributed by atoms with Crippen LogP contribution in [-0.4, -0.2) is 16.1 Å². The predicted molar refractivity (Wildman–Crippen MR) is 110 cm³/mol. The smallest absolute Gasteiger partial charge is 0.221 e. The van der Waals surface area contributed by atoms with Gasteiger partial charge in [0.05, 0.1) is 0 Å². The maximum atomic E-state index is 11.2. The molecule has 3 aromatic rings. The number of aromatic nitrogens is 2. The van der Waals surface area contributed by atoms with Crippen molar-refractivity contribution in [2.75, 3.05) is 10.6 Å². The zero-order valence-electron chi connectivity index (χ0n) is 14.2. The van der Waals surface area contributed by atoms with Crippen LogP contribution in [0.3, 0.4) is 0 Å². The molecule has 2 N–H and O–H groups in total. The molecule has 0 aliphatic carbocycles. The lowest BCUT2D eigenvalue weighted by molar-refractivity contribution is -0.114. The molecule has 5 nitrogen and oxygen atoms in total. The Morgan fingerprint density at radius 3 is 2.69 bits per heavy atom. The Balaban J connectivity index is 1.67. The first-order valence-corrected chi connectivity index (χ1v) is 9.98. The van der Waals surface area contributed by atoms with Gasteiger partial charge in [0.25, 0.3) is 0 Å². The summed E-state index contributed by atoms with van der Waals surface area (Å²) in [5, 5.41) is 16.0. The van der Waals surface area contributed by atoms with Crippen molar-refractivity contribution in [1.29, 1.82) is 0 Å². The van der Waals surface area contributed by atoms with Crippen LogP contribution in [-0.2, 0) is 4.79 Å². The Labute approximate surface area is 165 Å². The third-order valence-electron chi connectivity index (χ3n) is 3.46. The van der Waals surface area contributed by atoms with Gasteiger partial charge < -0.3 is 10.6 Å². The number of hydrogen-bond acceptors (Lipinski definition) is 6. The van der Waals surface area contributed by atoms with E-state index in [1.807, 2.05) is 48.5 Å². The highest BCUT2D eigenvalue weighted by Gasteiger charge is 2.14. The van der Waals surface area contributed by atoms with Gasteiger partial charge in [-0.3, -0.25) is 4.79 Å². The summed E-state index contributed by atoms with van der Waals surface area (Å²) in [6.45, 7) is 3.58. The molecule has 3 rings (SSSR count). The summed E-state index contributed by atoms with van der Waals surface area (Å²) in [6, 6.07) is 15.3. The van der Waals surface area contributed by atoms with Crippen LogP contribution >= 0.6 is 34.7 Å². The fraction of sp³-hybridized carbons (Fsp3) is 0.167. The van der Waals surface area contributed by atoms with Gasteiger partial charge in [-0.1, -0.05) is 59.0 Å². The molecule has 0 aliphatic rings. The molecule has 1 atom stereocenters. The lowest BCUT2D eigenvalue weighted by atomic mass is 10.2. The molecule has 134 valence electrons. The van der Waals surface area contributed by atoms with Crippen molar-refractivity contribution in [2.45, 2.75) is 23.4 Å². The molecule has 1 heterocycles. The normalized spacial score (nSPS) is 11.8. The second-order valence-corrected chi connectivity index (χ2v) is 8.51. The maximum absolute atomic E-state index is 11.2. The maximum Gasteiger partial charge on any atom is 0.221 e. The molecule has 1 amide bonds. The Morgan fingerprint density at radius 2 is 1.92 bits per heavy atom. The van der Waals surface area contributed by atoms with Crippen molar-refractivity contribution in [3.05, 3.63) is 59.1 Å². The number of hydrogen-bond donors (Lipinski definition) is 2. The van der Waals surface area contributed by atoms with Crippen LogP contribution in [0.25, 0.3) is 0 Å². The second kappa shape index (κ2) is 8.53. The van der Waals surface area contributed by atoms with Crippen molar-refractivity contribution < 1.29 is 4.79 Å². The SMILES string of the molecule is CC(=O)Nc1cccc(Nc2nnc(SC(C)c3ccccc3Cl)s2)c1. The summed E-state index contributed by atoms with van der Waals surface area (Å²) in [7, 11) is 0. The number of benzene rings is 2. The standard InChI is InChI=1S/C18H17ClN4OS2/c1-11(15-8-3-4-9-16(15)19)25-18-23-22-17(26-18)21-14-7-5-6-13(10-14)20-12(2)24/h3-11H,1-2H3,(H,20,24)(H,21,22). The molecule has 0 aliphatic heterocycles. The van der Waals surface area contributed by atoms with Gasteiger partial charge in [-0.25, -0.2) is 0 Å². The fourth-order valence-electron chi connectivity index (χ4n) is 2.33. The number of thioether (sulfide) groups is 1. The molecule has 2 aromatic carbocycles. The quantitative estimate of drug-likeness (QED) is 0.512. The van der Waals surface area contributed by atoms with Gasteiger partial charge in [-0.15, -0.1) is 10.2 Å². The number of carbonyl (C=O) groups is 1. The molecule has 26 heavy (non-hydrogen) atoms. The lowest BCUT2D eigenvalue weighted by Gasteiger charge is -2.10. The second-order valence-electron chi connectivity index (χ2n) is 5.54. The third-order valence-corrected chi connectivity index (χ3v) is 5.87. The fourth-order valence-corrected chi connectivity index (χ4v) is 4.78. The molecular weight excluding hydrogens is 388 g/mol. The number of amides is 1. The number of carbonyl (C=O) groups excluding carboxylic acids is 1. The average molecular weight is 405 g/mol. The highest BCUT2D eigenvalue weighted by molar-refractivity contribution is 8.01. The predicted octanol–water partition coefficient (Wildman–Crippen LogP) is 5.75. The van der Waals surface area contributed by atoms with Crippen LogP contribution in [0.1, 0.15) is 24.7 Å². The van der Waals surface area contributed by atoms with Crippen LogP contribution < -0.4 is 10.6 Å². The van der Waals surface area contributed by atoms with Gasteiger partial charge in [0.15, 0.2) is 4.34 Å². The van der Waals surface area contributed by atoms with E-state index in [1.54, 1.807) is 11.8 Å². The topological polar surface area (TPSA) is 66.9 Å². The average Bonchev–Trinajstić information content (AvgIpc) is 3.01. The van der Waals surface area contributed by atoms with Crippen molar-refractivity contribution in [1.82, 2.24) is 10.2 Å². The van der Waals surface area contributed by atoms with E-state index in [-0.39, 0.29) is 11.2 Å². The van der Waals surface area contributed by atoms with Crippen molar-refractivity contribution in [3.8, 4) is 0 Å². The Bertz CT molecular complexity index is 915.